The number of piperidine rings is 1. The van der Waals surface area contributed by atoms with Gasteiger partial charge in [-0.2, -0.15) is 5.10 Å². The highest BCUT2D eigenvalue weighted by Crippen LogP contribution is 2.33. The standard InChI is InChI=1S/C18H21N5O3/c1-13-18(25)22(15-4-2-3-5-16(15)26-13)10-17(24)21-8-6-14(7-9-21)23-12-19-11-20-23/h2-5,11-14H,6-10H2,1H3. The molecule has 0 spiro atoms. The van der Waals surface area contributed by atoms with Gasteiger partial charge in [0.05, 0.1) is 11.7 Å². The first kappa shape index (κ1) is 16.6. The SMILES string of the molecule is CC1Oc2ccccc2N(CC(=O)N2CCC(n3cncn3)CC2)C1=O. The van der Waals surface area contributed by atoms with Crippen LogP contribution < -0.4 is 9.64 Å². The first-order chi connectivity index (χ1) is 12.6. The van der Waals surface area contributed by atoms with Crippen molar-refractivity contribution in [2.45, 2.75) is 31.9 Å². The molecular formula is C18H21N5O3. The summed E-state index contributed by atoms with van der Waals surface area (Å²) >= 11 is 0. The number of nitrogens with zero attached hydrogens (tertiary/aromatic N) is 5. The number of hydrogen-bond acceptors (Lipinski definition) is 5. The molecule has 136 valence electrons. The van der Waals surface area contributed by atoms with E-state index in [2.05, 4.69) is 10.1 Å². The maximum absolute atomic E-state index is 12.8. The van der Waals surface area contributed by atoms with E-state index in [9.17, 15) is 9.59 Å². The molecule has 2 amide bonds. The molecular weight excluding hydrogens is 334 g/mol. The fourth-order valence-corrected chi connectivity index (χ4v) is 3.54. The van der Waals surface area contributed by atoms with E-state index < -0.39 is 6.10 Å². The Morgan fingerprint density at radius 2 is 2.04 bits per heavy atom. The van der Waals surface area contributed by atoms with Crippen LogP contribution in [0, 0.1) is 0 Å². The second-order valence-corrected chi connectivity index (χ2v) is 6.64. The van der Waals surface area contributed by atoms with Crippen LogP contribution in [0.1, 0.15) is 25.8 Å². The summed E-state index contributed by atoms with van der Waals surface area (Å²) in [7, 11) is 0. The minimum atomic E-state index is -0.587. The van der Waals surface area contributed by atoms with Crippen molar-refractivity contribution in [3.8, 4) is 5.75 Å². The molecule has 1 aromatic heterocycles. The number of rotatable bonds is 3. The van der Waals surface area contributed by atoms with Crippen molar-refractivity contribution in [1.82, 2.24) is 19.7 Å². The monoisotopic (exact) mass is 355 g/mol. The third-order valence-electron chi connectivity index (χ3n) is 4.99. The third kappa shape index (κ3) is 3.02. The molecule has 1 fully saturated rings. The lowest BCUT2D eigenvalue weighted by Crippen LogP contribution is -2.50. The van der Waals surface area contributed by atoms with Crippen LogP contribution in [-0.4, -0.2) is 57.2 Å². The Balaban J connectivity index is 1.43. The summed E-state index contributed by atoms with van der Waals surface area (Å²) < 4.78 is 7.48. The Kier molecular flexibility index (Phi) is 4.32. The fourth-order valence-electron chi connectivity index (χ4n) is 3.54. The zero-order chi connectivity index (χ0) is 18.1. The summed E-state index contributed by atoms with van der Waals surface area (Å²) in [6.45, 7) is 3.05. The molecule has 26 heavy (non-hydrogen) atoms. The van der Waals surface area contributed by atoms with Gasteiger partial charge in [-0.05, 0) is 31.9 Å². The molecule has 2 aliphatic rings. The summed E-state index contributed by atoms with van der Waals surface area (Å²) in [4.78, 5) is 32.6. The molecule has 0 radical (unpaired) electrons. The molecule has 1 aromatic carbocycles. The number of ether oxygens (including phenoxy) is 1. The number of amides is 2. The van der Waals surface area contributed by atoms with Crippen molar-refractivity contribution < 1.29 is 14.3 Å². The minimum Gasteiger partial charge on any atom is -0.479 e. The van der Waals surface area contributed by atoms with E-state index in [0.29, 0.717) is 24.5 Å². The van der Waals surface area contributed by atoms with Crippen LogP contribution in [0.3, 0.4) is 0 Å². The van der Waals surface area contributed by atoms with Crippen LogP contribution >= 0.6 is 0 Å². The van der Waals surface area contributed by atoms with Crippen LogP contribution in [-0.2, 0) is 9.59 Å². The lowest BCUT2D eigenvalue weighted by atomic mass is 10.1. The van der Waals surface area contributed by atoms with E-state index in [1.165, 1.54) is 11.2 Å². The second kappa shape index (κ2) is 6.78. The maximum atomic E-state index is 12.8. The van der Waals surface area contributed by atoms with Gasteiger partial charge in [0.15, 0.2) is 6.10 Å². The molecule has 3 heterocycles. The number of carbonyl (C=O) groups is 2. The molecule has 0 saturated carbocycles. The quantitative estimate of drug-likeness (QED) is 0.828. The summed E-state index contributed by atoms with van der Waals surface area (Å²) in [6, 6.07) is 7.60. The van der Waals surface area contributed by atoms with Crippen molar-refractivity contribution in [2.75, 3.05) is 24.5 Å². The van der Waals surface area contributed by atoms with E-state index in [0.717, 1.165) is 12.8 Å². The molecule has 0 aliphatic carbocycles. The molecule has 0 N–H and O–H groups in total. The molecule has 8 heteroatoms. The Labute approximate surface area is 151 Å². The minimum absolute atomic E-state index is 0.0392. The average molecular weight is 355 g/mol. The number of aromatic nitrogens is 3. The van der Waals surface area contributed by atoms with Crippen molar-refractivity contribution in [3.63, 3.8) is 0 Å². The molecule has 1 atom stereocenters. The summed E-state index contributed by atoms with van der Waals surface area (Å²) in [5.41, 5.74) is 0.654. The van der Waals surface area contributed by atoms with E-state index in [-0.39, 0.29) is 24.4 Å². The van der Waals surface area contributed by atoms with Gasteiger partial charge in [0.1, 0.15) is 24.9 Å². The normalized spacial score (nSPS) is 20.7. The van der Waals surface area contributed by atoms with Gasteiger partial charge in [-0.15, -0.1) is 0 Å². The van der Waals surface area contributed by atoms with E-state index in [1.54, 1.807) is 13.3 Å². The number of para-hydroxylation sites is 2. The highest BCUT2D eigenvalue weighted by molar-refractivity contribution is 6.03. The maximum Gasteiger partial charge on any atom is 0.268 e. The lowest BCUT2D eigenvalue weighted by Gasteiger charge is -2.36. The number of likely N-dealkylation sites (tertiary alicyclic amines) is 1. The van der Waals surface area contributed by atoms with Gasteiger partial charge in [0.25, 0.3) is 5.91 Å². The van der Waals surface area contributed by atoms with Crippen molar-refractivity contribution >= 4 is 17.5 Å². The smallest absolute Gasteiger partial charge is 0.268 e. The highest BCUT2D eigenvalue weighted by atomic mass is 16.5. The van der Waals surface area contributed by atoms with Gasteiger partial charge >= 0.3 is 0 Å². The molecule has 2 aliphatic heterocycles. The average Bonchev–Trinajstić information content (AvgIpc) is 3.20. The summed E-state index contributed by atoms with van der Waals surface area (Å²) in [6.07, 6.45) is 4.32. The third-order valence-corrected chi connectivity index (χ3v) is 4.99. The topological polar surface area (TPSA) is 80.6 Å². The molecule has 1 saturated heterocycles. The Bertz CT molecular complexity index is 799. The Hall–Kier alpha value is -2.90. The van der Waals surface area contributed by atoms with Crippen LogP contribution in [0.2, 0.25) is 0 Å². The van der Waals surface area contributed by atoms with E-state index in [1.807, 2.05) is 33.8 Å². The molecule has 1 unspecified atom stereocenters. The highest BCUT2D eigenvalue weighted by Gasteiger charge is 2.34. The van der Waals surface area contributed by atoms with E-state index >= 15 is 0 Å². The number of carbonyl (C=O) groups excluding carboxylic acids is 2. The first-order valence-corrected chi connectivity index (χ1v) is 8.82. The van der Waals surface area contributed by atoms with Gasteiger partial charge in [-0.3, -0.25) is 14.5 Å². The Morgan fingerprint density at radius 3 is 2.77 bits per heavy atom. The lowest BCUT2D eigenvalue weighted by molar-refractivity contribution is -0.134. The van der Waals surface area contributed by atoms with Crippen molar-refractivity contribution in [2.24, 2.45) is 0 Å². The largest absolute Gasteiger partial charge is 0.479 e. The number of fused-ring (bicyclic) bond motifs is 1. The predicted molar refractivity (Wildman–Crippen MR) is 93.8 cm³/mol. The van der Waals surface area contributed by atoms with Crippen LogP contribution in [0.5, 0.6) is 5.75 Å². The predicted octanol–water partition coefficient (Wildman–Crippen LogP) is 1.26. The molecule has 8 nitrogen and oxygen atoms in total. The van der Waals surface area contributed by atoms with Gasteiger partial charge in [-0.1, -0.05) is 12.1 Å². The van der Waals surface area contributed by atoms with Gasteiger partial charge in [-0.25, -0.2) is 9.67 Å². The van der Waals surface area contributed by atoms with Crippen LogP contribution in [0.15, 0.2) is 36.9 Å². The molecule has 0 bridgehead atoms. The van der Waals surface area contributed by atoms with Crippen LogP contribution in [0.25, 0.3) is 0 Å². The van der Waals surface area contributed by atoms with E-state index in [4.69, 9.17) is 4.74 Å². The zero-order valence-electron chi connectivity index (χ0n) is 14.6. The number of anilines is 1. The zero-order valence-corrected chi connectivity index (χ0v) is 14.6. The molecule has 4 rings (SSSR count). The second-order valence-electron chi connectivity index (χ2n) is 6.64. The Morgan fingerprint density at radius 1 is 1.27 bits per heavy atom. The number of hydrogen-bond donors (Lipinski definition) is 0. The van der Waals surface area contributed by atoms with Gasteiger partial charge in [0.2, 0.25) is 5.91 Å². The number of benzene rings is 1. The summed E-state index contributed by atoms with van der Waals surface area (Å²) in [5, 5.41) is 4.18. The van der Waals surface area contributed by atoms with Crippen molar-refractivity contribution in [3.05, 3.63) is 36.9 Å². The first-order valence-electron chi connectivity index (χ1n) is 8.82. The van der Waals surface area contributed by atoms with Gasteiger partial charge < -0.3 is 9.64 Å². The van der Waals surface area contributed by atoms with Gasteiger partial charge in [0, 0.05) is 13.1 Å². The van der Waals surface area contributed by atoms with Crippen LogP contribution in [0.4, 0.5) is 5.69 Å². The van der Waals surface area contributed by atoms with Crippen molar-refractivity contribution in [1.29, 1.82) is 0 Å². The fraction of sp³-hybridized carbons (Fsp3) is 0.444. The molecule has 2 aromatic rings. The summed E-state index contributed by atoms with van der Waals surface area (Å²) in [5.74, 6) is 0.408.